The SMILES string of the molecule is Cl.O=C(NCCC1CCCNC1)c1cn[nH]c1-c1cccc(OC(F)F)c1. The molecule has 6 nitrogen and oxygen atoms in total. The number of hydrogen-bond donors (Lipinski definition) is 3. The normalized spacial score (nSPS) is 16.6. The van der Waals surface area contributed by atoms with Crippen LogP contribution >= 0.6 is 12.4 Å². The van der Waals surface area contributed by atoms with Crippen LogP contribution in [0, 0.1) is 5.92 Å². The Balaban J connectivity index is 0.00000261. The second-order valence-corrected chi connectivity index (χ2v) is 6.32. The molecule has 1 amide bonds. The Labute approximate surface area is 162 Å². The summed E-state index contributed by atoms with van der Waals surface area (Å²) < 4.78 is 29.2. The highest BCUT2D eigenvalue weighted by atomic mass is 35.5. The van der Waals surface area contributed by atoms with Gasteiger partial charge in [-0.1, -0.05) is 12.1 Å². The molecule has 1 unspecified atom stereocenters. The molecule has 3 rings (SSSR count). The number of H-pyrrole nitrogens is 1. The molecule has 1 aromatic heterocycles. The molecule has 1 saturated heterocycles. The summed E-state index contributed by atoms with van der Waals surface area (Å²) in [5, 5.41) is 13.0. The molecule has 3 N–H and O–H groups in total. The van der Waals surface area contributed by atoms with Crippen molar-refractivity contribution in [3.8, 4) is 17.0 Å². The zero-order valence-corrected chi connectivity index (χ0v) is 15.5. The molecule has 1 aliphatic rings. The maximum Gasteiger partial charge on any atom is 0.387 e. The van der Waals surface area contributed by atoms with Crippen LogP contribution < -0.4 is 15.4 Å². The van der Waals surface area contributed by atoms with Crippen LogP contribution in [0.15, 0.2) is 30.5 Å². The maximum absolute atomic E-state index is 12.5. The van der Waals surface area contributed by atoms with E-state index in [0.29, 0.717) is 29.3 Å². The van der Waals surface area contributed by atoms with Gasteiger partial charge >= 0.3 is 6.61 Å². The fourth-order valence-electron chi connectivity index (χ4n) is 3.16. The van der Waals surface area contributed by atoms with Crippen molar-refractivity contribution in [3.63, 3.8) is 0 Å². The average molecular weight is 401 g/mol. The molecule has 2 aromatic rings. The summed E-state index contributed by atoms with van der Waals surface area (Å²) in [6, 6.07) is 6.18. The van der Waals surface area contributed by atoms with Gasteiger partial charge in [0.25, 0.3) is 5.91 Å². The third-order valence-corrected chi connectivity index (χ3v) is 4.47. The third kappa shape index (κ3) is 5.90. The second kappa shape index (κ2) is 10.2. The number of carbonyl (C=O) groups excluding carboxylic acids is 1. The van der Waals surface area contributed by atoms with E-state index in [9.17, 15) is 13.6 Å². The lowest BCUT2D eigenvalue weighted by Crippen LogP contribution is -2.33. The van der Waals surface area contributed by atoms with Crippen LogP contribution in [-0.2, 0) is 0 Å². The topological polar surface area (TPSA) is 79.0 Å². The number of nitrogens with one attached hydrogen (secondary N) is 3. The number of carbonyl (C=O) groups is 1. The van der Waals surface area contributed by atoms with E-state index in [1.165, 1.54) is 31.2 Å². The quantitative estimate of drug-likeness (QED) is 0.666. The minimum atomic E-state index is -2.90. The molecule has 27 heavy (non-hydrogen) atoms. The number of ether oxygens (including phenoxy) is 1. The summed E-state index contributed by atoms with van der Waals surface area (Å²) in [5.41, 5.74) is 1.41. The van der Waals surface area contributed by atoms with Crippen molar-refractivity contribution in [1.82, 2.24) is 20.8 Å². The molecule has 1 atom stereocenters. The van der Waals surface area contributed by atoms with Gasteiger partial charge in [-0.05, 0) is 50.4 Å². The Morgan fingerprint density at radius 3 is 3.00 bits per heavy atom. The van der Waals surface area contributed by atoms with E-state index in [-0.39, 0.29) is 24.1 Å². The van der Waals surface area contributed by atoms with Gasteiger partial charge in [-0.3, -0.25) is 9.89 Å². The van der Waals surface area contributed by atoms with Gasteiger partial charge in [-0.2, -0.15) is 13.9 Å². The summed E-state index contributed by atoms with van der Waals surface area (Å²) in [5.74, 6) is 0.372. The zero-order chi connectivity index (χ0) is 18.4. The number of amides is 1. The van der Waals surface area contributed by atoms with Gasteiger partial charge in [-0.15, -0.1) is 12.4 Å². The predicted molar refractivity (Wildman–Crippen MR) is 100 cm³/mol. The van der Waals surface area contributed by atoms with Crippen LogP contribution in [0.2, 0.25) is 0 Å². The smallest absolute Gasteiger partial charge is 0.387 e. The van der Waals surface area contributed by atoms with Gasteiger partial charge in [-0.25, -0.2) is 0 Å². The molecule has 1 aromatic carbocycles. The standard InChI is InChI=1S/C18H22F2N4O2.ClH/c19-18(20)26-14-5-1-4-13(9-14)16-15(11-23-24-16)17(25)22-8-6-12-3-2-7-21-10-12;/h1,4-5,9,11-12,18,21H,2-3,6-8,10H2,(H,22,25)(H,23,24);1H. The summed E-state index contributed by atoms with van der Waals surface area (Å²) in [6.07, 6.45) is 4.70. The van der Waals surface area contributed by atoms with E-state index in [2.05, 4.69) is 25.6 Å². The number of aromatic nitrogens is 2. The van der Waals surface area contributed by atoms with Crippen molar-refractivity contribution in [2.45, 2.75) is 25.9 Å². The zero-order valence-electron chi connectivity index (χ0n) is 14.7. The average Bonchev–Trinajstić information content (AvgIpc) is 3.12. The number of benzene rings is 1. The molecule has 0 bridgehead atoms. The number of rotatable bonds is 7. The molecular formula is C18H23ClF2N4O2. The first-order valence-corrected chi connectivity index (χ1v) is 8.71. The molecule has 1 aliphatic heterocycles. The van der Waals surface area contributed by atoms with Crippen molar-refractivity contribution in [2.24, 2.45) is 5.92 Å². The maximum atomic E-state index is 12.5. The molecule has 9 heteroatoms. The number of nitrogens with zero attached hydrogens (tertiary/aromatic N) is 1. The van der Waals surface area contributed by atoms with Gasteiger partial charge in [0.15, 0.2) is 0 Å². The van der Waals surface area contributed by atoms with Crippen LogP contribution in [0.1, 0.15) is 29.6 Å². The number of hydrogen-bond acceptors (Lipinski definition) is 4. The fraction of sp³-hybridized carbons (Fsp3) is 0.444. The van der Waals surface area contributed by atoms with E-state index in [1.54, 1.807) is 12.1 Å². The van der Waals surface area contributed by atoms with E-state index >= 15 is 0 Å². The van der Waals surface area contributed by atoms with Crippen LogP contribution in [0.25, 0.3) is 11.3 Å². The van der Waals surface area contributed by atoms with Gasteiger partial charge in [0.05, 0.1) is 17.5 Å². The first-order valence-electron chi connectivity index (χ1n) is 8.71. The largest absolute Gasteiger partial charge is 0.435 e. The van der Waals surface area contributed by atoms with Crippen LogP contribution in [0.3, 0.4) is 0 Å². The Morgan fingerprint density at radius 1 is 1.41 bits per heavy atom. The summed E-state index contributed by atoms with van der Waals surface area (Å²) in [7, 11) is 0. The number of piperidine rings is 1. The van der Waals surface area contributed by atoms with E-state index in [4.69, 9.17) is 0 Å². The predicted octanol–water partition coefficient (Wildman–Crippen LogP) is 3.22. The molecule has 1 fully saturated rings. The third-order valence-electron chi connectivity index (χ3n) is 4.47. The molecular weight excluding hydrogens is 378 g/mol. The molecule has 0 aliphatic carbocycles. The number of alkyl halides is 2. The van der Waals surface area contributed by atoms with Crippen molar-refractivity contribution in [3.05, 3.63) is 36.0 Å². The minimum Gasteiger partial charge on any atom is -0.435 e. The van der Waals surface area contributed by atoms with Gasteiger partial charge < -0.3 is 15.4 Å². The van der Waals surface area contributed by atoms with Gasteiger partial charge in [0.2, 0.25) is 0 Å². The van der Waals surface area contributed by atoms with Crippen molar-refractivity contribution in [2.75, 3.05) is 19.6 Å². The Morgan fingerprint density at radius 2 is 2.26 bits per heavy atom. The first kappa shape index (κ1) is 21.1. The van der Waals surface area contributed by atoms with Gasteiger partial charge in [0, 0.05) is 12.1 Å². The van der Waals surface area contributed by atoms with Crippen LogP contribution in [0.4, 0.5) is 8.78 Å². The fourth-order valence-corrected chi connectivity index (χ4v) is 3.16. The monoisotopic (exact) mass is 400 g/mol. The summed E-state index contributed by atoms with van der Waals surface area (Å²) in [4.78, 5) is 12.5. The lowest BCUT2D eigenvalue weighted by molar-refractivity contribution is -0.0498. The first-order chi connectivity index (χ1) is 12.6. The van der Waals surface area contributed by atoms with Crippen LogP contribution in [0.5, 0.6) is 5.75 Å². The van der Waals surface area contributed by atoms with E-state index in [1.807, 2.05) is 0 Å². The van der Waals surface area contributed by atoms with E-state index < -0.39 is 6.61 Å². The summed E-state index contributed by atoms with van der Waals surface area (Å²) >= 11 is 0. The van der Waals surface area contributed by atoms with Crippen molar-refractivity contribution < 1.29 is 18.3 Å². The molecule has 2 heterocycles. The summed E-state index contributed by atoms with van der Waals surface area (Å²) in [6.45, 7) is -0.256. The minimum absolute atomic E-state index is 0. The molecule has 0 spiro atoms. The highest BCUT2D eigenvalue weighted by Crippen LogP contribution is 2.26. The van der Waals surface area contributed by atoms with Crippen molar-refractivity contribution in [1.29, 1.82) is 0 Å². The highest BCUT2D eigenvalue weighted by Gasteiger charge is 2.17. The number of halogens is 3. The molecule has 0 saturated carbocycles. The van der Waals surface area contributed by atoms with Gasteiger partial charge in [0.1, 0.15) is 5.75 Å². The lowest BCUT2D eigenvalue weighted by Gasteiger charge is -2.22. The Bertz CT molecular complexity index is 736. The van der Waals surface area contributed by atoms with Crippen LogP contribution in [-0.4, -0.2) is 42.4 Å². The Hall–Kier alpha value is -2.19. The molecule has 0 radical (unpaired) electrons. The Kier molecular flexibility index (Phi) is 7.99. The highest BCUT2D eigenvalue weighted by molar-refractivity contribution is 5.99. The van der Waals surface area contributed by atoms with Crippen molar-refractivity contribution >= 4 is 18.3 Å². The number of aromatic amines is 1. The molecule has 148 valence electrons. The van der Waals surface area contributed by atoms with E-state index in [0.717, 1.165) is 19.5 Å². The second-order valence-electron chi connectivity index (χ2n) is 6.32. The lowest BCUT2D eigenvalue weighted by atomic mass is 9.96.